The molecule has 0 unspecified atom stereocenters. The molecule has 2 rings (SSSR count). The summed E-state index contributed by atoms with van der Waals surface area (Å²) in [5, 5.41) is 7.80. The molecule has 0 amide bonds. The van der Waals surface area contributed by atoms with Crippen molar-refractivity contribution >= 4 is 23.5 Å². The van der Waals surface area contributed by atoms with E-state index in [0.717, 1.165) is 51.4 Å². The topological polar surface area (TPSA) is 76.6 Å². The number of nitrogens with zero attached hydrogens (tertiary/aromatic N) is 2. The van der Waals surface area contributed by atoms with Crippen LogP contribution in [0.25, 0.3) is 0 Å². The second-order valence-electron chi connectivity index (χ2n) is 5.88. The maximum absolute atomic E-state index is 5.37. The van der Waals surface area contributed by atoms with Crippen molar-refractivity contribution in [3.63, 3.8) is 0 Å². The van der Waals surface area contributed by atoms with Crippen molar-refractivity contribution in [1.29, 1.82) is 0 Å². The van der Waals surface area contributed by atoms with Crippen LogP contribution < -0.4 is 25.0 Å². The highest BCUT2D eigenvalue weighted by Gasteiger charge is 2.11. The van der Waals surface area contributed by atoms with E-state index in [1.54, 1.807) is 39.7 Å². The maximum atomic E-state index is 5.37. The van der Waals surface area contributed by atoms with Crippen LogP contribution in [0.3, 0.4) is 0 Å². The van der Waals surface area contributed by atoms with Crippen molar-refractivity contribution in [1.82, 2.24) is 15.6 Å². The van der Waals surface area contributed by atoms with Gasteiger partial charge in [0.2, 0.25) is 0 Å². The van der Waals surface area contributed by atoms with Gasteiger partial charge >= 0.3 is 0 Å². The molecule has 27 heavy (non-hydrogen) atoms. The molecule has 1 fully saturated rings. The number of hydrogen-bond donors (Lipinski definition) is 2. The van der Waals surface area contributed by atoms with Gasteiger partial charge in [0.15, 0.2) is 16.6 Å². The molecule has 9 heteroatoms. The van der Waals surface area contributed by atoms with E-state index in [0.29, 0.717) is 22.4 Å². The van der Waals surface area contributed by atoms with E-state index in [1.165, 1.54) is 0 Å². The summed E-state index contributed by atoms with van der Waals surface area (Å²) >= 11 is 5.24. The molecule has 1 aromatic carbocycles. The molecule has 0 aliphatic carbocycles. The number of rotatable bonds is 9. The van der Waals surface area contributed by atoms with Crippen LogP contribution in [0.1, 0.15) is 12.0 Å². The Hall–Kier alpha value is -2.10. The van der Waals surface area contributed by atoms with Crippen LogP contribution in [0.5, 0.6) is 17.2 Å². The molecule has 1 saturated heterocycles. The van der Waals surface area contributed by atoms with Crippen LogP contribution in [-0.2, 0) is 4.74 Å². The third-order valence-electron chi connectivity index (χ3n) is 4.15. The summed E-state index contributed by atoms with van der Waals surface area (Å²) in [7, 11) is 4.75. The summed E-state index contributed by atoms with van der Waals surface area (Å²) in [5.41, 5.74) is 3.56. The minimum absolute atomic E-state index is 0.479. The van der Waals surface area contributed by atoms with Crippen LogP contribution in [0.4, 0.5) is 0 Å². The minimum atomic E-state index is 0.479. The van der Waals surface area contributed by atoms with Crippen molar-refractivity contribution in [3.8, 4) is 17.2 Å². The maximum Gasteiger partial charge on any atom is 0.186 e. The average molecular weight is 397 g/mol. The summed E-state index contributed by atoms with van der Waals surface area (Å²) in [5.74, 6) is 1.82. The average Bonchev–Trinajstić information content (AvgIpc) is 2.71. The molecular formula is C18H28N4O4S. The van der Waals surface area contributed by atoms with E-state index < -0.39 is 0 Å². The van der Waals surface area contributed by atoms with Crippen LogP contribution in [0.15, 0.2) is 17.2 Å². The number of benzene rings is 1. The monoisotopic (exact) mass is 396 g/mol. The molecule has 1 aliphatic heterocycles. The standard InChI is InChI=1S/C18H28N4O4S/c1-23-15-12-17(25-3)16(24-2)11-14(15)13-20-21-18(27)19-5-4-6-22-7-9-26-10-8-22/h11-13H,4-10H2,1-3H3,(H2,19,21,27)/b20-13-. The fraction of sp³-hybridized carbons (Fsp3) is 0.556. The van der Waals surface area contributed by atoms with Gasteiger partial charge < -0.3 is 24.3 Å². The SMILES string of the molecule is COc1cc(OC)c(OC)cc1/C=N\NC(=S)NCCCN1CCOCC1. The lowest BCUT2D eigenvalue weighted by Gasteiger charge is -2.26. The Morgan fingerprint density at radius 3 is 2.48 bits per heavy atom. The zero-order chi connectivity index (χ0) is 19.5. The summed E-state index contributed by atoms with van der Waals surface area (Å²) in [4.78, 5) is 2.39. The molecule has 0 aromatic heterocycles. The van der Waals surface area contributed by atoms with E-state index in [-0.39, 0.29) is 0 Å². The first-order valence-corrected chi connectivity index (χ1v) is 9.25. The predicted octanol–water partition coefficient (Wildman–Crippen LogP) is 1.23. The highest BCUT2D eigenvalue weighted by molar-refractivity contribution is 7.80. The Morgan fingerprint density at radius 2 is 1.81 bits per heavy atom. The van der Waals surface area contributed by atoms with E-state index in [1.807, 2.05) is 0 Å². The molecule has 0 saturated carbocycles. The highest BCUT2D eigenvalue weighted by atomic mass is 32.1. The zero-order valence-electron chi connectivity index (χ0n) is 16.1. The molecule has 0 atom stereocenters. The number of ether oxygens (including phenoxy) is 4. The Bertz CT molecular complexity index is 636. The highest BCUT2D eigenvalue weighted by Crippen LogP contribution is 2.33. The number of methoxy groups -OCH3 is 3. The number of hydrazone groups is 1. The largest absolute Gasteiger partial charge is 0.496 e. The Kier molecular flexibility index (Phi) is 9.09. The fourth-order valence-corrected chi connectivity index (χ4v) is 2.84. The molecule has 1 aliphatic rings. The smallest absolute Gasteiger partial charge is 0.186 e. The third kappa shape index (κ3) is 6.85. The van der Waals surface area contributed by atoms with Crippen molar-refractivity contribution < 1.29 is 18.9 Å². The predicted molar refractivity (Wildman–Crippen MR) is 109 cm³/mol. The number of thiocarbonyl (C=S) groups is 1. The molecule has 1 aromatic rings. The van der Waals surface area contributed by atoms with Gasteiger partial charge in [0, 0.05) is 31.3 Å². The molecule has 2 N–H and O–H groups in total. The van der Waals surface area contributed by atoms with Gasteiger partial charge in [-0.2, -0.15) is 5.10 Å². The summed E-state index contributed by atoms with van der Waals surface area (Å²) in [6.07, 6.45) is 2.64. The Labute approximate surface area is 165 Å². The minimum Gasteiger partial charge on any atom is -0.496 e. The van der Waals surface area contributed by atoms with Crippen molar-refractivity contribution in [2.75, 3.05) is 60.7 Å². The van der Waals surface area contributed by atoms with Gasteiger partial charge in [-0.15, -0.1) is 0 Å². The summed E-state index contributed by atoms with van der Waals surface area (Å²) in [6, 6.07) is 3.55. The van der Waals surface area contributed by atoms with Gasteiger partial charge in [-0.3, -0.25) is 10.3 Å². The fourth-order valence-electron chi connectivity index (χ4n) is 2.68. The Morgan fingerprint density at radius 1 is 1.15 bits per heavy atom. The first kappa shape index (κ1) is 21.2. The number of morpholine rings is 1. The molecule has 150 valence electrons. The van der Waals surface area contributed by atoms with Gasteiger partial charge in [-0.1, -0.05) is 0 Å². The van der Waals surface area contributed by atoms with Crippen molar-refractivity contribution in [2.45, 2.75) is 6.42 Å². The lowest BCUT2D eigenvalue weighted by atomic mass is 10.2. The van der Waals surface area contributed by atoms with E-state index in [4.69, 9.17) is 31.2 Å². The molecular weight excluding hydrogens is 368 g/mol. The van der Waals surface area contributed by atoms with Gasteiger partial charge in [0.05, 0.1) is 40.8 Å². The Balaban J connectivity index is 1.77. The third-order valence-corrected chi connectivity index (χ3v) is 4.38. The lowest BCUT2D eigenvalue weighted by molar-refractivity contribution is 0.0376. The molecule has 0 radical (unpaired) electrons. The van der Waals surface area contributed by atoms with Crippen LogP contribution >= 0.6 is 12.2 Å². The second kappa shape index (κ2) is 11.6. The zero-order valence-corrected chi connectivity index (χ0v) is 16.9. The van der Waals surface area contributed by atoms with E-state index in [9.17, 15) is 0 Å². The van der Waals surface area contributed by atoms with Crippen LogP contribution in [0.2, 0.25) is 0 Å². The summed E-state index contributed by atoms with van der Waals surface area (Å²) < 4.78 is 21.3. The number of nitrogens with one attached hydrogen (secondary N) is 2. The van der Waals surface area contributed by atoms with Crippen LogP contribution in [0, 0.1) is 0 Å². The second-order valence-corrected chi connectivity index (χ2v) is 6.29. The van der Waals surface area contributed by atoms with Crippen LogP contribution in [-0.4, -0.2) is 76.9 Å². The van der Waals surface area contributed by atoms with Crippen molar-refractivity contribution in [2.24, 2.45) is 5.10 Å². The lowest BCUT2D eigenvalue weighted by Crippen LogP contribution is -2.39. The first-order chi connectivity index (χ1) is 13.2. The van der Waals surface area contributed by atoms with E-state index >= 15 is 0 Å². The molecule has 0 spiro atoms. The quantitative estimate of drug-likeness (QED) is 0.279. The number of hydrogen-bond acceptors (Lipinski definition) is 7. The van der Waals surface area contributed by atoms with Crippen molar-refractivity contribution in [3.05, 3.63) is 17.7 Å². The molecule has 0 bridgehead atoms. The normalized spacial score (nSPS) is 14.8. The van der Waals surface area contributed by atoms with Gasteiger partial charge in [0.1, 0.15) is 5.75 Å². The van der Waals surface area contributed by atoms with Gasteiger partial charge in [-0.25, -0.2) is 0 Å². The molecule has 8 nitrogen and oxygen atoms in total. The first-order valence-electron chi connectivity index (χ1n) is 8.85. The van der Waals surface area contributed by atoms with E-state index in [2.05, 4.69) is 20.7 Å². The summed E-state index contributed by atoms with van der Waals surface area (Å²) in [6.45, 7) is 5.47. The van der Waals surface area contributed by atoms with Gasteiger partial charge in [0.25, 0.3) is 0 Å². The molecule has 1 heterocycles. The van der Waals surface area contributed by atoms with Gasteiger partial charge in [-0.05, 0) is 31.2 Å².